The zero-order valence-electron chi connectivity index (χ0n) is 21.6. The van der Waals surface area contributed by atoms with Crippen LogP contribution in [0.5, 0.6) is 5.06 Å². The Kier molecular flexibility index (Phi) is 10.3. The van der Waals surface area contributed by atoms with Crippen LogP contribution in [-0.4, -0.2) is 105 Å². The van der Waals surface area contributed by atoms with E-state index in [0.29, 0.717) is 34.4 Å². The van der Waals surface area contributed by atoms with Crippen LogP contribution in [0.3, 0.4) is 0 Å². The molecular weight excluding hydrogens is 500 g/mol. The fraction of sp³-hybridized carbons (Fsp3) is 0.769. The number of methoxy groups -OCH3 is 1. The number of likely N-dealkylation sites (tertiary alicyclic amines) is 1. The summed E-state index contributed by atoms with van der Waals surface area (Å²) in [5.74, 6) is 0.298. The van der Waals surface area contributed by atoms with E-state index in [1.165, 1.54) is 50.0 Å². The van der Waals surface area contributed by atoms with E-state index in [2.05, 4.69) is 17.3 Å². The molecule has 1 N–H and O–H groups in total. The first-order valence-corrected chi connectivity index (χ1v) is 14.5. The zero-order chi connectivity index (χ0) is 25.5. The van der Waals surface area contributed by atoms with E-state index in [-0.39, 0.29) is 25.0 Å². The smallest absolute Gasteiger partial charge is 0.261 e. The highest BCUT2D eigenvalue weighted by molar-refractivity contribution is 7.17. The van der Waals surface area contributed by atoms with Gasteiger partial charge in [-0.2, -0.15) is 0 Å². The Morgan fingerprint density at radius 3 is 2.64 bits per heavy atom. The molecule has 2 amide bonds. The van der Waals surface area contributed by atoms with Crippen LogP contribution in [0.2, 0.25) is 4.34 Å². The van der Waals surface area contributed by atoms with Gasteiger partial charge in [-0.3, -0.25) is 9.59 Å². The van der Waals surface area contributed by atoms with Crippen molar-refractivity contribution in [2.24, 2.45) is 5.92 Å². The molecule has 1 saturated carbocycles. The molecule has 2 atom stereocenters. The Hall–Kier alpha value is -1.39. The van der Waals surface area contributed by atoms with E-state index in [1.54, 1.807) is 24.1 Å². The second kappa shape index (κ2) is 13.4. The second-order valence-corrected chi connectivity index (χ2v) is 12.1. The number of piperazine rings is 1. The molecule has 1 aromatic rings. The fourth-order valence-electron chi connectivity index (χ4n) is 5.89. The van der Waals surface area contributed by atoms with Gasteiger partial charge in [0, 0.05) is 38.8 Å². The van der Waals surface area contributed by atoms with Crippen LogP contribution in [0.4, 0.5) is 0 Å². The number of hydrogen-bond acceptors (Lipinski definition) is 7. The quantitative estimate of drug-likeness (QED) is 0.465. The maximum Gasteiger partial charge on any atom is 0.261 e. The molecule has 2 aliphatic heterocycles. The van der Waals surface area contributed by atoms with E-state index in [0.717, 1.165) is 32.0 Å². The van der Waals surface area contributed by atoms with Gasteiger partial charge in [0.1, 0.15) is 6.04 Å². The molecular formula is C26H41ClN4O4S. The summed E-state index contributed by atoms with van der Waals surface area (Å²) >= 11 is 7.22. The first-order valence-electron chi connectivity index (χ1n) is 13.3. The predicted molar refractivity (Wildman–Crippen MR) is 143 cm³/mol. The van der Waals surface area contributed by atoms with Crippen LogP contribution in [0, 0.1) is 5.92 Å². The molecule has 0 aromatic carbocycles. The Bertz CT molecular complexity index is 863. The summed E-state index contributed by atoms with van der Waals surface area (Å²) in [6, 6.07) is 4.22. The summed E-state index contributed by atoms with van der Waals surface area (Å²) in [7, 11) is 3.81. The van der Waals surface area contributed by atoms with Gasteiger partial charge in [0.05, 0.1) is 10.9 Å². The third-order valence-corrected chi connectivity index (χ3v) is 9.17. The molecule has 10 heteroatoms. The Labute approximate surface area is 224 Å². The molecule has 202 valence electrons. The maximum absolute atomic E-state index is 13.3. The lowest BCUT2D eigenvalue weighted by molar-refractivity contribution is -0.155. The number of rotatable bonds is 11. The second-order valence-electron chi connectivity index (χ2n) is 10.4. The van der Waals surface area contributed by atoms with Gasteiger partial charge in [-0.15, -0.1) is 0 Å². The van der Waals surface area contributed by atoms with Crippen LogP contribution in [0.15, 0.2) is 12.1 Å². The number of carbonyl (C=O) groups is 2. The molecule has 3 aliphatic rings. The van der Waals surface area contributed by atoms with Crippen molar-refractivity contribution < 1.29 is 19.1 Å². The van der Waals surface area contributed by atoms with Crippen molar-refractivity contribution in [2.45, 2.75) is 63.1 Å². The fourth-order valence-corrected chi connectivity index (χ4v) is 6.76. The molecule has 2 unspecified atom stereocenters. The summed E-state index contributed by atoms with van der Waals surface area (Å²) in [4.78, 5) is 32.2. The van der Waals surface area contributed by atoms with Gasteiger partial charge in [0.15, 0.2) is 11.7 Å². The van der Waals surface area contributed by atoms with Crippen LogP contribution >= 0.6 is 22.9 Å². The highest BCUT2D eigenvalue weighted by Crippen LogP contribution is 2.29. The van der Waals surface area contributed by atoms with E-state index in [1.807, 2.05) is 4.90 Å². The van der Waals surface area contributed by atoms with Crippen molar-refractivity contribution in [3.05, 3.63) is 16.5 Å². The average molecular weight is 541 g/mol. The molecule has 1 aromatic heterocycles. The number of nitrogens with one attached hydrogen (secondary N) is 1. The van der Waals surface area contributed by atoms with Crippen molar-refractivity contribution >= 4 is 34.8 Å². The highest BCUT2D eigenvalue weighted by Gasteiger charge is 2.38. The average Bonchev–Trinajstić information content (AvgIpc) is 3.48. The molecule has 3 fully saturated rings. The Balaban J connectivity index is 1.20. The van der Waals surface area contributed by atoms with Crippen molar-refractivity contribution in [3.63, 3.8) is 0 Å². The first kappa shape index (κ1) is 27.6. The number of amides is 2. The van der Waals surface area contributed by atoms with Crippen molar-refractivity contribution in [2.75, 3.05) is 60.1 Å². The van der Waals surface area contributed by atoms with Gasteiger partial charge in [0.25, 0.3) is 5.91 Å². The highest BCUT2D eigenvalue weighted by atomic mass is 35.5. The minimum atomic E-state index is -0.599. The largest absolute Gasteiger partial charge is 0.474 e. The van der Waals surface area contributed by atoms with Gasteiger partial charge >= 0.3 is 0 Å². The number of hydrogen-bond donors (Lipinski definition) is 1. The lowest BCUT2D eigenvalue weighted by Gasteiger charge is -2.42. The SMILES string of the molecule is COCC1C(=O)N(CC2CCC(NCCC3CCCN3C)CC2)CCN1C(=O)COc1ccc(Cl)s1. The van der Waals surface area contributed by atoms with Gasteiger partial charge in [-0.05, 0) is 83.1 Å². The molecule has 4 rings (SSSR count). The third-order valence-electron chi connectivity index (χ3n) is 8.02. The Morgan fingerprint density at radius 2 is 1.97 bits per heavy atom. The normalized spacial score (nSPS) is 27.6. The predicted octanol–water partition coefficient (Wildman–Crippen LogP) is 3.10. The zero-order valence-corrected chi connectivity index (χ0v) is 23.2. The number of ether oxygens (including phenoxy) is 2. The van der Waals surface area contributed by atoms with E-state index in [9.17, 15) is 9.59 Å². The van der Waals surface area contributed by atoms with E-state index in [4.69, 9.17) is 21.1 Å². The molecule has 8 nitrogen and oxygen atoms in total. The number of thiophene rings is 1. The number of nitrogens with zero attached hydrogens (tertiary/aromatic N) is 3. The number of carbonyl (C=O) groups excluding carboxylic acids is 2. The molecule has 1 aliphatic carbocycles. The lowest BCUT2D eigenvalue weighted by Crippen LogP contribution is -2.61. The van der Waals surface area contributed by atoms with Crippen LogP contribution in [0.1, 0.15) is 44.9 Å². The van der Waals surface area contributed by atoms with Gasteiger partial charge in [-0.25, -0.2) is 0 Å². The summed E-state index contributed by atoms with van der Waals surface area (Å²) in [5, 5.41) is 4.38. The van der Waals surface area contributed by atoms with Crippen LogP contribution in [-0.2, 0) is 14.3 Å². The standard InChI is InChI=1S/C26H41ClN4O4S/c1-29-13-3-4-21(29)11-12-28-20-7-5-19(6-8-20)16-30-14-15-31(22(17-34-2)26(30)33)24(32)18-35-25-10-9-23(27)36-25/h9-10,19-22,28H,3-8,11-18H2,1-2H3. The molecule has 3 heterocycles. The van der Waals surface area contributed by atoms with Gasteiger partial charge in [0.2, 0.25) is 5.91 Å². The van der Waals surface area contributed by atoms with E-state index >= 15 is 0 Å². The molecule has 36 heavy (non-hydrogen) atoms. The third kappa shape index (κ3) is 7.34. The maximum atomic E-state index is 13.3. The minimum Gasteiger partial charge on any atom is -0.474 e. The lowest BCUT2D eigenvalue weighted by atomic mass is 9.85. The summed E-state index contributed by atoms with van der Waals surface area (Å²) in [6.45, 7) is 4.24. The first-order chi connectivity index (χ1) is 17.4. The number of halogens is 1. The van der Waals surface area contributed by atoms with Crippen molar-refractivity contribution in [1.29, 1.82) is 0 Å². The van der Waals surface area contributed by atoms with Gasteiger partial charge in [-0.1, -0.05) is 22.9 Å². The minimum absolute atomic E-state index is 0.0171. The summed E-state index contributed by atoms with van der Waals surface area (Å²) < 4.78 is 11.5. The summed E-state index contributed by atoms with van der Waals surface area (Å²) in [6.07, 6.45) is 8.52. The van der Waals surface area contributed by atoms with Gasteiger partial charge < -0.3 is 29.5 Å². The summed E-state index contributed by atoms with van der Waals surface area (Å²) in [5.41, 5.74) is 0. The molecule has 0 bridgehead atoms. The van der Waals surface area contributed by atoms with Crippen molar-refractivity contribution in [1.82, 2.24) is 20.0 Å². The van der Waals surface area contributed by atoms with Crippen LogP contribution < -0.4 is 10.1 Å². The van der Waals surface area contributed by atoms with Crippen LogP contribution in [0.25, 0.3) is 0 Å². The van der Waals surface area contributed by atoms with Crippen molar-refractivity contribution in [3.8, 4) is 5.06 Å². The van der Waals surface area contributed by atoms with E-state index < -0.39 is 6.04 Å². The monoisotopic (exact) mass is 540 g/mol. The molecule has 2 saturated heterocycles. The molecule has 0 radical (unpaired) electrons. The molecule has 0 spiro atoms. The topological polar surface area (TPSA) is 74.4 Å². The Morgan fingerprint density at radius 1 is 1.17 bits per heavy atom.